The smallest absolute Gasteiger partial charge is 0.332 e. The number of amides is 2. The van der Waals surface area contributed by atoms with E-state index in [2.05, 4.69) is 29.2 Å². The van der Waals surface area contributed by atoms with E-state index in [0.717, 1.165) is 12.1 Å². The summed E-state index contributed by atoms with van der Waals surface area (Å²) in [6.45, 7) is 2.22. The number of urea groups is 1. The fourth-order valence-electron chi connectivity index (χ4n) is 2.52. The Morgan fingerprint density at radius 3 is 3.13 bits per heavy atom. The highest BCUT2D eigenvalue weighted by molar-refractivity contribution is 8.00. The maximum atomic E-state index is 10.6. The Labute approximate surface area is 94.1 Å². The van der Waals surface area contributed by atoms with Gasteiger partial charge in [-0.2, -0.15) is 16.9 Å². The summed E-state index contributed by atoms with van der Waals surface area (Å²) in [5, 5.41) is 5.47. The number of primary amides is 1. The molecule has 5 heteroatoms. The average Bonchev–Trinajstić information content (AvgIpc) is 2.61. The lowest BCUT2D eigenvalue weighted by atomic mass is 9.97. The molecule has 0 spiro atoms. The quantitative estimate of drug-likeness (QED) is 0.670. The molecule has 0 aromatic heterocycles. The zero-order valence-corrected chi connectivity index (χ0v) is 9.72. The van der Waals surface area contributed by atoms with Crippen molar-refractivity contribution < 1.29 is 4.79 Å². The fourth-order valence-corrected chi connectivity index (χ4v) is 4.17. The molecule has 3 N–H and O–H groups in total. The van der Waals surface area contributed by atoms with E-state index in [-0.39, 0.29) is 0 Å². The van der Waals surface area contributed by atoms with Crippen LogP contribution in [0.2, 0.25) is 0 Å². The third-order valence-corrected chi connectivity index (χ3v) is 4.64. The predicted octanol–water partition coefficient (Wildman–Crippen LogP) is 1.70. The lowest BCUT2D eigenvalue weighted by Crippen LogP contribution is -2.34. The van der Waals surface area contributed by atoms with Crippen molar-refractivity contribution in [3.63, 3.8) is 0 Å². The SMILES string of the molecule is C[C@@H]1CC(=NNC(N)=O)[C@H]2CCC[C@@H]2S1. The summed E-state index contributed by atoms with van der Waals surface area (Å²) in [6.07, 6.45) is 4.76. The van der Waals surface area contributed by atoms with Crippen molar-refractivity contribution in [3.8, 4) is 0 Å². The highest BCUT2D eigenvalue weighted by atomic mass is 32.2. The molecule has 2 amide bonds. The van der Waals surface area contributed by atoms with Gasteiger partial charge in [-0.1, -0.05) is 13.3 Å². The first-order valence-electron chi connectivity index (χ1n) is 5.44. The van der Waals surface area contributed by atoms with Gasteiger partial charge in [0.2, 0.25) is 0 Å². The van der Waals surface area contributed by atoms with Crippen molar-refractivity contribution in [2.75, 3.05) is 0 Å². The third-order valence-electron chi connectivity index (χ3n) is 3.09. The van der Waals surface area contributed by atoms with Crippen LogP contribution in [0.4, 0.5) is 4.79 Å². The number of carbonyl (C=O) groups excluding carboxylic acids is 1. The molecule has 3 atom stereocenters. The summed E-state index contributed by atoms with van der Waals surface area (Å²) < 4.78 is 0. The average molecular weight is 227 g/mol. The summed E-state index contributed by atoms with van der Waals surface area (Å²) in [6, 6.07) is -0.567. The minimum atomic E-state index is -0.567. The molecule has 1 saturated carbocycles. The summed E-state index contributed by atoms with van der Waals surface area (Å²) in [5.41, 5.74) is 8.53. The number of rotatable bonds is 1. The molecule has 2 fully saturated rings. The molecular formula is C10H17N3OS. The molecule has 2 aliphatic rings. The second kappa shape index (κ2) is 4.43. The Kier molecular flexibility index (Phi) is 3.19. The summed E-state index contributed by atoms with van der Waals surface area (Å²) in [4.78, 5) is 10.6. The van der Waals surface area contributed by atoms with Gasteiger partial charge in [-0.3, -0.25) is 0 Å². The first kappa shape index (κ1) is 10.8. The number of nitrogens with zero attached hydrogens (tertiary/aromatic N) is 1. The number of hydrogen-bond acceptors (Lipinski definition) is 3. The van der Waals surface area contributed by atoms with E-state index in [1.54, 1.807) is 0 Å². The van der Waals surface area contributed by atoms with Gasteiger partial charge in [0.1, 0.15) is 0 Å². The second-order valence-corrected chi connectivity index (χ2v) is 5.99. The number of fused-ring (bicyclic) bond motifs is 1. The van der Waals surface area contributed by atoms with Crippen LogP contribution in [0.3, 0.4) is 0 Å². The maximum Gasteiger partial charge on any atom is 0.332 e. The molecular weight excluding hydrogens is 210 g/mol. The summed E-state index contributed by atoms with van der Waals surface area (Å²) >= 11 is 2.07. The van der Waals surface area contributed by atoms with Crippen LogP contribution in [0.5, 0.6) is 0 Å². The van der Waals surface area contributed by atoms with Gasteiger partial charge in [0.05, 0.1) is 0 Å². The van der Waals surface area contributed by atoms with Gasteiger partial charge in [-0.15, -0.1) is 0 Å². The summed E-state index contributed by atoms with van der Waals surface area (Å²) in [7, 11) is 0. The van der Waals surface area contributed by atoms with Gasteiger partial charge in [-0.05, 0) is 19.3 Å². The first-order valence-corrected chi connectivity index (χ1v) is 6.38. The molecule has 0 aromatic carbocycles. The van der Waals surface area contributed by atoms with Crippen LogP contribution in [0.15, 0.2) is 5.10 Å². The minimum absolute atomic E-state index is 0.567. The number of carbonyl (C=O) groups is 1. The number of hydrogen-bond donors (Lipinski definition) is 2. The van der Waals surface area contributed by atoms with Crippen molar-refractivity contribution in [2.24, 2.45) is 16.8 Å². The lowest BCUT2D eigenvalue weighted by molar-refractivity contribution is 0.249. The number of nitrogens with one attached hydrogen (secondary N) is 1. The molecule has 1 saturated heterocycles. The van der Waals surface area contributed by atoms with Gasteiger partial charge < -0.3 is 5.73 Å². The van der Waals surface area contributed by atoms with Crippen molar-refractivity contribution >= 4 is 23.5 Å². The van der Waals surface area contributed by atoms with Crippen LogP contribution in [0, 0.1) is 5.92 Å². The zero-order valence-electron chi connectivity index (χ0n) is 8.90. The number of hydrazone groups is 1. The monoisotopic (exact) mass is 227 g/mol. The Hall–Kier alpha value is -0.710. The van der Waals surface area contributed by atoms with E-state index in [1.165, 1.54) is 19.3 Å². The molecule has 0 radical (unpaired) electrons. The lowest BCUT2D eigenvalue weighted by Gasteiger charge is -2.30. The van der Waals surface area contributed by atoms with E-state index >= 15 is 0 Å². The molecule has 15 heavy (non-hydrogen) atoms. The highest BCUT2D eigenvalue weighted by Gasteiger charge is 2.37. The van der Waals surface area contributed by atoms with Crippen LogP contribution >= 0.6 is 11.8 Å². The fraction of sp³-hybridized carbons (Fsp3) is 0.800. The van der Waals surface area contributed by atoms with Crippen molar-refractivity contribution in [2.45, 2.75) is 43.1 Å². The van der Waals surface area contributed by atoms with Crippen LogP contribution in [-0.4, -0.2) is 22.2 Å². The van der Waals surface area contributed by atoms with Gasteiger partial charge in [0.25, 0.3) is 0 Å². The van der Waals surface area contributed by atoms with Crippen molar-refractivity contribution in [1.29, 1.82) is 0 Å². The van der Waals surface area contributed by atoms with Gasteiger partial charge in [0.15, 0.2) is 0 Å². The Balaban J connectivity index is 2.07. The molecule has 84 valence electrons. The largest absolute Gasteiger partial charge is 0.350 e. The highest BCUT2D eigenvalue weighted by Crippen LogP contribution is 2.43. The van der Waals surface area contributed by atoms with Crippen LogP contribution in [-0.2, 0) is 0 Å². The topological polar surface area (TPSA) is 67.5 Å². The first-order chi connectivity index (χ1) is 7.16. The van der Waals surface area contributed by atoms with Crippen LogP contribution < -0.4 is 11.2 Å². The van der Waals surface area contributed by atoms with Crippen LogP contribution in [0.1, 0.15) is 32.6 Å². The molecule has 2 rings (SSSR count). The van der Waals surface area contributed by atoms with Gasteiger partial charge in [0, 0.05) is 22.1 Å². The number of thioether (sulfide) groups is 1. The minimum Gasteiger partial charge on any atom is -0.350 e. The normalized spacial score (nSPS) is 37.7. The van der Waals surface area contributed by atoms with E-state index < -0.39 is 6.03 Å². The van der Waals surface area contributed by atoms with E-state index in [0.29, 0.717) is 16.4 Å². The van der Waals surface area contributed by atoms with E-state index in [1.807, 2.05) is 0 Å². The molecule has 1 aliphatic carbocycles. The van der Waals surface area contributed by atoms with Crippen molar-refractivity contribution in [3.05, 3.63) is 0 Å². The summed E-state index contributed by atoms with van der Waals surface area (Å²) in [5.74, 6) is 0.568. The molecule has 0 bridgehead atoms. The molecule has 1 aliphatic heterocycles. The van der Waals surface area contributed by atoms with E-state index in [9.17, 15) is 4.79 Å². The predicted molar refractivity (Wildman–Crippen MR) is 63.0 cm³/mol. The second-order valence-electron chi connectivity index (χ2n) is 4.31. The third kappa shape index (κ3) is 2.45. The van der Waals surface area contributed by atoms with Crippen LogP contribution in [0.25, 0.3) is 0 Å². The Morgan fingerprint density at radius 1 is 1.60 bits per heavy atom. The number of nitrogens with two attached hydrogens (primary N) is 1. The molecule has 4 nitrogen and oxygen atoms in total. The standard InChI is InChI=1S/C10H17N3OS/c1-6-5-8(12-13-10(11)14)7-3-2-4-9(7)15-6/h6-7,9H,2-5H2,1H3,(H3,11,13,14)/t6-,7-,9+/m1/s1. The van der Waals surface area contributed by atoms with Gasteiger partial charge >= 0.3 is 6.03 Å². The Bertz CT molecular complexity index is 292. The van der Waals surface area contributed by atoms with Crippen molar-refractivity contribution in [1.82, 2.24) is 5.43 Å². The zero-order chi connectivity index (χ0) is 10.8. The van der Waals surface area contributed by atoms with E-state index in [4.69, 9.17) is 5.73 Å². The molecule has 0 unspecified atom stereocenters. The molecule has 0 aromatic rings. The Morgan fingerprint density at radius 2 is 2.40 bits per heavy atom. The molecule has 1 heterocycles. The van der Waals surface area contributed by atoms with Gasteiger partial charge in [-0.25, -0.2) is 10.2 Å². The maximum absolute atomic E-state index is 10.6.